The Hall–Kier alpha value is -1.58. The molecule has 120 valence electrons. The Kier molecular flexibility index (Phi) is 4.96. The molecule has 0 aromatic carbocycles. The average Bonchev–Trinajstić information content (AvgIpc) is 2.54. The first-order valence-electron chi connectivity index (χ1n) is 8.77. The average molecular weight is 302 g/mol. The van der Waals surface area contributed by atoms with Gasteiger partial charge >= 0.3 is 0 Å². The number of ketones is 2. The molecular formula is C18H26N2O2. The minimum atomic E-state index is -0.0662. The molecule has 3 aliphatic rings. The van der Waals surface area contributed by atoms with Gasteiger partial charge in [0.25, 0.3) is 0 Å². The summed E-state index contributed by atoms with van der Waals surface area (Å²) in [4.78, 5) is 24.5. The second-order valence-electron chi connectivity index (χ2n) is 6.80. The van der Waals surface area contributed by atoms with E-state index in [9.17, 15) is 9.59 Å². The number of rotatable bonds is 4. The molecule has 2 saturated carbocycles. The van der Waals surface area contributed by atoms with Crippen LogP contribution in [0.5, 0.6) is 0 Å². The zero-order valence-corrected chi connectivity index (χ0v) is 13.2. The van der Waals surface area contributed by atoms with Crippen LogP contribution in [-0.2, 0) is 9.59 Å². The maximum Gasteiger partial charge on any atom is 0.203 e. The molecule has 0 aliphatic heterocycles. The summed E-state index contributed by atoms with van der Waals surface area (Å²) >= 11 is 0. The molecule has 0 spiro atoms. The molecule has 0 heterocycles. The zero-order chi connectivity index (χ0) is 15.4. The van der Waals surface area contributed by atoms with E-state index in [2.05, 4.69) is 10.6 Å². The fraction of sp³-hybridized carbons (Fsp3) is 0.667. The predicted octanol–water partition coefficient (Wildman–Crippen LogP) is 2.75. The fourth-order valence-corrected chi connectivity index (χ4v) is 3.72. The van der Waals surface area contributed by atoms with Crippen molar-refractivity contribution in [3.63, 3.8) is 0 Å². The number of allylic oxidation sites excluding steroid dienone is 2. The Bertz CT molecular complexity index is 449. The molecule has 0 saturated heterocycles. The SMILES string of the molecule is O=C1C=C(NC2CCCCC2)C(=O)C=C1NC1CCCCC1. The molecular weight excluding hydrogens is 276 g/mol. The van der Waals surface area contributed by atoms with Crippen LogP contribution in [0.15, 0.2) is 23.5 Å². The van der Waals surface area contributed by atoms with Crippen LogP contribution in [0.2, 0.25) is 0 Å². The van der Waals surface area contributed by atoms with Crippen LogP contribution in [0, 0.1) is 0 Å². The Morgan fingerprint density at radius 2 is 1.00 bits per heavy atom. The molecule has 3 rings (SSSR count). The van der Waals surface area contributed by atoms with Gasteiger partial charge < -0.3 is 10.6 Å². The summed E-state index contributed by atoms with van der Waals surface area (Å²) in [5.41, 5.74) is 0.956. The van der Waals surface area contributed by atoms with Crippen molar-refractivity contribution in [1.82, 2.24) is 10.6 Å². The quantitative estimate of drug-likeness (QED) is 0.784. The first kappa shape index (κ1) is 15.3. The molecule has 4 nitrogen and oxygen atoms in total. The molecule has 4 heteroatoms. The maximum atomic E-state index is 12.3. The molecule has 0 aromatic rings. The summed E-state index contributed by atoms with van der Waals surface area (Å²) in [6.07, 6.45) is 14.7. The highest BCUT2D eigenvalue weighted by molar-refractivity contribution is 6.19. The van der Waals surface area contributed by atoms with Crippen molar-refractivity contribution in [2.45, 2.75) is 76.3 Å². The molecule has 22 heavy (non-hydrogen) atoms. The largest absolute Gasteiger partial charge is 0.379 e. The van der Waals surface area contributed by atoms with Crippen LogP contribution in [0.3, 0.4) is 0 Å². The van der Waals surface area contributed by atoms with Gasteiger partial charge in [0.05, 0.1) is 11.4 Å². The van der Waals surface area contributed by atoms with Crippen LogP contribution >= 0.6 is 0 Å². The van der Waals surface area contributed by atoms with E-state index in [1.165, 1.54) is 50.7 Å². The monoisotopic (exact) mass is 302 g/mol. The first-order valence-corrected chi connectivity index (χ1v) is 8.77. The van der Waals surface area contributed by atoms with Crippen molar-refractivity contribution in [2.75, 3.05) is 0 Å². The van der Waals surface area contributed by atoms with E-state index in [0.29, 0.717) is 23.5 Å². The minimum absolute atomic E-state index is 0.0662. The Labute approximate surface area is 132 Å². The topological polar surface area (TPSA) is 58.2 Å². The van der Waals surface area contributed by atoms with Crippen molar-refractivity contribution < 1.29 is 9.59 Å². The molecule has 0 amide bonds. The minimum Gasteiger partial charge on any atom is -0.379 e. The van der Waals surface area contributed by atoms with E-state index in [-0.39, 0.29) is 11.6 Å². The van der Waals surface area contributed by atoms with Crippen molar-refractivity contribution in [3.05, 3.63) is 23.5 Å². The third kappa shape index (κ3) is 3.79. The van der Waals surface area contributed by atoms with E-state index in [1.54, 1.807) is 0 Å². The van der Waals surface area contributed by atoms with E-state index < -0.39 is 0 Å². The number of carbonyl (C=O) groups is 2. The maximum absolute atomic E-state index is 12.3. The summed E-state index contributed by atoms with van der Waals surface area (Å²) in [5, 5.41) is 6.56. The number of hydrogen-bond donors (Lipinski definition) is 2. The van der Waals surface area contributed by atoms with Gasteiger partial charge in [-0.1, -0.05) is 38.5 Å². The number of carbonyl (C=O) groups excluding carboxylic acids is 2. The highest BCUT2D eigenvalue weighted by Crippen LogP contribution is 2.21. The van der Waals surface area contributed by atoms with E-state index in [0.717, 1.165) is 25.7 Å². The standard InChI is InChI=1S/C18H26N2O2/c21-17-12-16(20-14-9-5-2-6-10-14)18(22)11-15(17)19-13-7-3-1-4-8-13/h11-14,19-20H,1-10H2. The second kappa shape index (κ2) is 7.12. The number of hydrogen-bond acceptors (Lipinski definition) is 4. The van der Waals surface area contributed by atoms with Crippen molar-refractivity contribution >= 4 is 11.6 Å². The third-order valence-electron chi connectivity index (χ3n) is 5.01. The van der Waals surface area contributed by atoms with Gasteiger partial charge in [0.15, 0.2) is 0 Å². The van der Waals surface area contributed by atoms with Gasteiger partial charge in [0.1, 0.15) is 0 Å². The van der Waals surface area contributed by atoms with E-state index >= 15 is 0 Å². The lowest BCUT2D eigenvalue weighted by atomic mass is 9.93. The molecule has 0 bridgehead atoms. The van der Waals surface area contributed by atoms with Gasteiger partial charge in [-0.3, -0.25) is 9.59 Å². The molecule has 0 unspecified atom stereocenters. The van der Waals surface area contributed by atoms with Crippen LogP contribution in [0.4, 0.5) is 0 Å². The molecule has 3 aliphatic carbocycles. The van der Waals surface area contributed by atoms with Gasteiger partial charge in [-0.05, 0) is 25.7 Å². The highest BCUT2D eigenvalue weighted by atomic mass is 16.1. The van der Waals surface area contributed by atoms with E-state index in [4.69, 9.17) is 0 Å². The van der Waals surface area contributed by atoms with Gasteiger partial charge in [-0.15, -0.1) is 0 Å². The normalized spacial score (nSPS) is 24.7. The summed E-state index contributed by atoms with van der Waals surface area (Å²) in [7, 11) is 0. The van der Waals surface area contributed by atoms with Crippen LogP contribution in [0.1, 0.15) is 64.2 Å². The predicted molar refractivity (Wildman–Crippen MR) is 86.2 cm³/mol. The highest BCUT2D eigenvalue weighted by Gasteiger charge is 2.25. The lowest BCUT2D eigenvalue weighted by Crippen LogP contribution is -2.38. The summed E-state index contributed by atoms with van der Waals surface area (Å²) in [6, 6.07) is 0.691. The molecule has 2 N–H and O–H groups in total. The summed E-state index contributed by atoms with van der Waals surface area (Å²) in [5.74, 6) is -0.132. The summed E-state index contributed by atoms with van der Waals surface area (Å²) in [6.45, 7) is 0. The Balaban J connectivity index is 1.59. The van der Waals surface area contributed by atoms with Gasteiger partial charge in [0, 0.05) is 24.2 Å². The zero-order valence-electron chi connectivity index (χ0n) is 13.2. The molecule has 0 atom stereocenters. The Morgan fingerprint density at radius 1 is 0.636 bits per heavy atom. The third-order valence-corrected chi connectivity index (χ3v) is 5.01. The van der Waals surface area contributed by atoms with Crippen molar-refractivity contribution in [1.29, 1.82) is 0 Å². The molecule has 0 aromatic heterocycles. The first-order chi connectivity index (χ1) is 10.7. The summed E-state index contributed by atoms with van der Waals surface area (Å²) < 4.78 is 0. The fourth-order valence-electron chi connectivity index (χ4n) is 3.72. The van der Waals surface area contributed by atoms with Gasteiger partial charge in [-0.25, -0.2) is 0 Å². The van der Waals surface area contributed by atoms with Crippen molar-refractivity contribution in [2.24, 2.45) is 0 Å². The van der Waals surface area contributed by atoms with Crippen LogP contribution in [0.25, 0.3) is 0 Å². The molecule has 0 radical (unpaired) electrons. The van der Waals surface area contributed by atoms with Gasteiger partial charge in [-0.2, -0.15) is 0 Å². The number of nitrogens with one attached hydrogen (secondary N) is 2. The van der Waals surface area contributed by atoms with Crippen LogP contribution < -0.4 is 10.6 Å². The van der Waals surface area contributed by atoms with Crippen molar-refractivity contribution in [3.8, 4) is 0 Å². The Morgan fingerprint density at radius 3 is 1.36 bits per heavy atom. The lowest BCUT2D eigenvalue weighted by Gasteiger charge is -2.27. The smallest absolute Gasteiger partial charge is 0.203 e. The molecule has 2 fully saturated rings. The van der Waals surface area contributed by atoms with Gasteiger partial charge in [0.2, 0.25) is 11.6 Å². The lowest BCUT2D eigenvalue weighted by molar-refractivity contribution is -0.115. The van der Waals surface area contributed by atoms with E-state index in [1.807, 2.05) is 0 Å². The van der Waals surface area contributed by atoms with Crippen LogP contribution in [-0.4, -0.2) is 23.7 Å². The second-order valence-corrected chi connectivity index (χ2v) is 6.80.